The second kappa shape index (κ2) is 5.34. The third-order valence-electron chi connectivity index (χ3n) is 3.52. The highest BCUT2D eigenvalue weighted by Crippen LogP contribution is 2.32. The molecular formula is C17H19N. The molecule has 1 aromatic heterocycles. The molecule has 3 rings (SSSR count). The molecule has 1 nitrogen and oxygen atoms in total. The largest absolute Gasteiger partial charge is 0.256 e. The van der Waals surface area contributed by atoms with E-state index in [9.17, 15) is 0 Å². The average molecular weight is 240 g/mol. The summed E-state index contributed by atoms with van der Waals surface area (Å²) in [6.07, 6.45) is 6.40. The molecule has 92 valence electrons. The van der Waals surface area contributed by atoms with E-state index in [2.05, 4.69) is 4.98 Å². The van der Waals surface area contributed by atoms with E-state index in [-0.39, 0.29) is 12.1 Å². The van der Waals surface area contributed by atoms with Crippen molar-refractivity contribution in [3.63, 3.8) is 0 Å². The molecule has 1 aliphatic carbocycles. The smallest absolute Gasteiger partial charge is 0.0702 e. The van der Waals surface area contributed by atoms with Gasteiger partial charge in [-0.2, -0.15) is 0 Å². The van der Waals surface area contributed by atoms with E-state index in [1.807, 2.05) is 30.3 Å². The van der Waals surface area contributed by atoms with Crippen molar-refractivity contribution in [2.24, 2.45) is 0 Å². The summed E-state index contributed by atoms with van der Waals surface area (Å²) in [4.78, 5) is 4.40. The molecule has 0 saturated heterocycles. The Labute approximate surface area is 113 Å². The highest BCUT2D eigenvalue weighted by molar-refractivity contribution is 5.58. The maximum atomic E-state index is 8.63. The Bertz CT molecular complexity index is 634. The molecule has 1 aliphatic rings. The quantitative estimate of drug-likeness (QED) is 0.735. The number of pyridine rings is 1. The number of aromatic nitrogens is 1. The van der Waals surface area contributed by atoms with Crippen LogP contribution < -0.4 is 0 Å². The zero-order valence-electron chi connectivity index (χ0n) is 13.4. The van der Waals surface area contributed by atoms with Gasteiger partial charge >= 0.3 is 0 Å². The van der Waals surface area contributed by atoms with Crippen molar-refractivity contribution in [3.05, 3.63) is 54.2 Å². The fourth-order valence-corrected chi connectivity index (χ4v) is 2.49. The van der Waals surface area contributed by atoms with Crippen LogP contribution in [-0.4, -0.2) is 4.98 Å². The molecule has 1 heteroatoms. The zero-order valence-corrected chi connectivity index (χ0v) is 10.4. The Morgan fingerprint density at radius 1 is 1.06 bits per heavy atom. The molecule has 1 saturated carbocycles. The molecular weight excluding hydrogens is 218 g/mol. The fraction of sp³-hybridized carbons (Fsp3) is 0.353. The van der Waals surface area contributed by atoms with Crippen molar-refractivity contribution in [2.45, 2.75) is 38.0 Å². The van der Waals surface area contributed by atoms with Crippen LogP contribution in [0.15, 0.2) is 48.6 Å². The van der Waals surface area contributed by atoms with Crippen molar-refractivity contribution in [3.8, 4) is 11.3 Å². The highest BCUT2D eigenvalue weighted by Gasteiger charge is 2.15. The van der Waals surface area contributed by atoms with Gasteiger partial charge in [0.2, 0.25) is 0 Å². The van der Waals surface area contributed by atoms with Gasteiger partial charge in [-0.05, 0) is 30.3 Å². The van der Waals surface area contributed by atoms with E-state index in [0.717, 1.165) is 37.7 Å². The molecule has 18 heavy (non-hydrogen) atoms. The summed E-state index contributed by atoms with van der Waals surface area (Å²) in [6, 6.07) is 9.83. The van der Waals surface area contributed by atoms with Crippen LogP contribution in [-0.2, 0) is 0 Å². The molecule has 0 amide bonds. The first-order valence-electron chi connectivity index (χ1n) is 8.14. The monoisotopic (exact) mass is 240 g/mol. The molecule has 0 atom stereocenters. The molecule has 0 N–H and O–H groups in total. The van der Waals surface area contributed by atoms with E-state index in [4.69, 9.17) is 4.11 Å². The lowest BCUT2D eigenvalue weighted by molar-refractivity contribution is 0.443. The minimum absolute atomic E-state index is 0.135. The molecule has 0 bridgehead atoms. The summed E-state index contributed by atoms with van der Waals surface area (Å²) < 4.78 is 25.2. The Morgan fingerprint density at radius 2 is 1.83 bits per heavy atom. The Kier molecular flexibility index (Phi) is 2.51. The van der Waals surface area contributed by atoms with Gasteiger partial charge in [0.1, 0.15) is 0 Å². The van der Waals surface area contributed by atoms with Crippen molar-refractivity contribution in [1.82, 2.24) is 4.98 Å². The van der Waals surface area contributed by atoms with Gasteiger partial charge in [0.15, 0.2) is 0 Å². The maximum Gasteiger partial charge on any atom is 0.0702 e. The molecule has 1 heterocycles. The van der Waals surface area contributed by atoms with Crippen molar-refractivity contribution in [1.29, 1.82) is 0 Å². The van der Waals surface area contributed by atoms with Gasteiger partial charge in [0.25, 0.3) is 0 Å². The van der Waals surface area contributed by atoms with Crippen LogP contribution in [0.25, 0.3) is 11.3 Å². The van der Waals surface area contributed by atoms with Crippen LogP contribution in [0.1, 0.15) is 47.7 Å². The third-order valence-corrected chi connectivity index (χ3v) is 3.52. The van der Waals surface area contributed by atoms with Gasteiger partial charge in [-0.25, -0.2) is 0 Å². The van der Waals surface area contributed by atoms with Crippen LogP contribution in [0.3, 0.4) is 0 Å². The summed E-state index contributed by atoms with van der Waals surface area (Å²) >= 11 is 0. The average Bonchev–Trinajstić information content (AvgIpc) is 2.51. The number of hydrogen-bond acceptors (Lipinski definition) is 1. The van der Waals surface area contributed by atoms with Crippen molar-refractivity contribution >= 4 is 0 Å². The number of rotatable bonds is 2. The summed E-state index contributed by atoms with van der Waals surface area (Å²) in [5.41, 5.74) is 2.00. The second-order valence-corrected chi connectivity index (χ2v) is 4.80. The fourth-order valence-electron chi connectivity index (χ4n) is 2.49. The van der Waals surface area contributed by atoms with Gasteiger partial charge in [-0.1, -0.05) is 55.6 Å². The predicted molar refractivity (Wildman–Crippen MR) is 75.5 cm³/mol. The van der Waals surface area contributed by atoms with E-state index in [1.54, 1.807) is 6.20 Å². The predicted octanol–water partition coefficient (Wildman–Crippen LogP) is 4.80. The molecule has 0 spiro atoms. The first kappa shape index (κ1) is 8.47. The topological polar surface area (TPSA) is 12.9 Å². The van der Waals surface area contributed by atoms with Gasteiger partial charge in [0.05, 0.1) is 8.44 Å². The van der Waals surface area contributed by atoms with Crippen LogP contribution in [0.2, 0.25) is 0 Å². The standard InChI is InChI=1S/C17H19N/c1-3-7-14(8-4-1)16-11-12-17(18-13-16)15-9-5-2-6-10-15/h2,5-6,9-14H,1,3-4,7-8H2/i11D,12D,14D. The lowest BCUT2D eigenvalue weighted by Gasteiger charge is -2.21. The van der Waals surface area contributed by atoms with Gasteiger partial charge in [0, 0.05) is 13.1 Å². The summed E-state index contributed by atoms with van der Waals surface area (Å²) in [6.45, 7) is 0. The Hall–Kier alpha value is -1.63. The SMILES string of the molecule is [2H]c1c(C2([2H])CCCCC2)cnc(-c2ccccc2)c1[2H]. The molecule has 0 radical (unpaired) electrons. The van der Waals surface area contributed by atoms with E-state index in [0.29, 0.717) is 11.3 Å². The van der Waals surface area contributed by atoms with Crippen LogP contribution in [0, 0.1) is 0 Å². The number of benzene rings is 1. The van der Waals surface area contributed by atoms with E-state index in [1.165, 1.54) is 0 Å². The van der Waals surface area contributed by atoms with Crippen molar-refractivity contribution < 1.29 is 4.11 Å². The highest BCUT2D eigenvalue weighted by atomic mass is 14.7. The Morgan fingerprint density at radius 3 is 2.61 bits per heavy atom. The number of hydrogen-bond donors (Lipinski definition) is 0. The lowest BCUT2D eigenvalue weighted by atomic mass is 9.85. The van der Waals surface area contributed by atoms with Crippen molar-refractivity contribution in [2.75, 3.05) is 0 Å². The maximum absolute atomic E-state index is 8.63. The third kappa shape index (κ3) is 2.45. The van der Waals surface area contributed by atoms with Crippen LogP contribution in [0.5, 0.6) is 0 Å². The Balaban J connectivity index is 2.04. The van der Waals surface area contributed by atoms with Gasteiger partial charge in [-0.3, -0.25) is 4.98 Å². The zero-order chi connectivity index (χ0) is 14.9. The minimum Gasteiger partial charge on any atom is -0.256 e. The van der Waals surface area contributed by atoms with E-state index >= 15 is 0 Å². The second-order valence-electron chi connectivity index (χ2n) is 4.80. The lowest BCUT2D eigenvalue weighted by Crippen LogP contribution is -2.04. The molecule has 1 fully saturated rings. The van der Waals surface area contributed by atoms with Crippen LogP contribution >= 0.6 is 0 Å². The summed E-state index contributed by atoms with van der Waals surface area (Å²) in [7, 11) is 0. The van der Waals surface area contributed by atoms with Gasteiger partial charge in [-0.15, -0.1) is 0 Å². The minimum atomic E-state index is -0.729. The summed E-state index contributed by atoms with van der Waals surface area (Å²) in [5.74, 6) is -0.729. The normalized spacial score (nSPS) is 20.8. The first-order valence-corrected chi connectivity index (χ1v) is 6.64. The molecule has 0 unspecified atom stereocenters. The van der Waals surface area contributed by atoms with Gasteiger partial charge < -0.3 is 0 Å². The molecule has 0 aliphatic heterocycles. The number of nitrogens with zero attached hydrogens (tertiary/aromatic N) is 1. The van der Waals surface area contributed by atoms with E-state index < -0.39 is 5.89 Å². The summed E-state index contributed by atoms with van der Waals surface area (Å²) in [5, 5.41) is 0. The molecule has 2 aromatic rings. The van der Waals surface area contributed by atoms with Crippen LogP contribution in [0.4, 0.5) is 0 Å². The molecule has 1 aromatic carbocycles. The first-order chi connectivity index (χ1) is 10.1.